The van der Waals surface area contributed by atoms with E-state index < -0.39 is 9.84 Å². The third-order valence-corrected chi connectivity index (χ3v) is 4.76. The van der Waals surface area contributed by atoms with Crippen LogP contribution in [-0.2, 0) is 14.6 Å². The Morgan fingerprint density at radius 3 is 2.42 bits per heavy atom. The van der Waals surface area contributed by atoms with Crippen LogP contribution in [0.15, 0.2) is 41.3 Å². The Bertz CT molecular complexity index is 910. The molecule has 26 heavy (non-hydrogen) atoms. The summed E-state index contributed by atoms with van der Waals surface area (Å²) < 4.78 is 34.7. The summed E-state index contributed by atoms with van der Waals surface area (Å²) in [6, 6.07) is 10.5. The van der Waals surface area contributed by atoms with Gasteiger partial charge in [0.25, 0.3) is 0 Å². The van der Waals surface area contributed by atoms with Crippen LogP contribution in [0.1, 0.15) is 5.56 Å². The molecule has 2 N–H and O–H groups in total. The first kappa shape index (κ1) is 19.6. The molecular weight excluding hydrogens is 356 g/mol. The molecule has 140 valence electrons. The number of methoxy groups -OCH3 is 2. The smallest absolute Gasteiger partial charge is 0.243 e. The molecular formula is C18H22N2O5S. The Morgan fingerprint density at radius 1 is 1.12 bits per heavy atom. The molecule has 0 fully saturated rings. The van der Waals surface area contributed by atoms with Crippen molar-refractivity contribution in [2.45, 2.75) is 11.8 Å². The van der Waals surface area contributed by atoms with Crippen molar-refractivity contribution in [3.8, 4) is 11.5 Å². The highest BCUT2D eigenvalue weighted by Crippen LogP contribution is 2.39. The quantitative estimate of drug-likeness (QED) is 0.769. The minimum absolute atomic E-state index is 0.0531. The van der Waals surface area contributed by atoms with Gasteiger partial charge in [-0.25, -0.2) is 8.42 Å². The zero-order chi connectivity index (χ0) is 19.3. The highest BCUT2D eigenvalue weighted by molar-refractivity contribution is 7.91. The average Bonchev–Trinajstić information content (AvgIpc) is 2.58. The Labute approximate surface area is 153 Å². The number of anilines is 2. The van der Waals surface area contributed by atoms with Gasteiger partial charge in [0, 0.05) is 11.9 Å². The maximum Gasteiger partial charge on any atom is 0.243 e. The van der Waals surface area contributed by atoms with Gasteiger partial charge in [-0.05, 0) is 36.8 Å². The summed E-state index contributed by atoms with van der Waals surface area (Å²) in [4.78, 5) is 12.1. The number of carbonyl (C=O) groups excluding carboxylic acids is 1. The number of nitrogens with one attached hydrogen (secondary N) is 2. The van der Waals surface area contributed by atoms with Gasteiger partial charge >= 0.3 is 0 Å². The molecule has 0 spiro atoms. The molecule has 7 nitrogen and oxygen atoms in total. The summed E-state index contributed by atoms with van der Waals surface area (Å²) in [5, 5.41) is 5.61. The van der Waals surface area contributed by atoms with Crippen LogP contribution in [0.3, 0.4) is 0 Å². The molecule has 0 heterocycles. The van der Waals surface area contributed by atoms with E-state index in [9.17, 15) is 13.2 Å². The minimum atomic E-state index is -3.62. The highest BCUT2D eigenvalue weighted by atomic mass is 32.2. The lowest BCUT2D eigenvalue weighted by Gasteiger charge is -2.16. The van der Waals surface area contributed by atoms with Crippen molar-refractivity contribution in [1.29, 1.82) is 0 Å². The van der Waals surface area contributed by atoms with Crippen LogP contribution >= 0.6 is 0 Å². The number of carbonyl (C=O) groups is 1. The van der Waals surface area contributed by atoms with E-state index in [1.807, 2.05) is 25.1 Å². The van der Waals surface area contributed by atoms with Crippen molar-refractivity contribution in [3.63, 3.8) is 0 Å². The van der Waals surface area contributed by atoms with E-state index in [0.29, 0.717) is 11.4 Å². The van der Waals surface area contributed by atoms with Gasteiger partial charge in [0.05, 0.1) is 26.5 Å². The zero-order valence-electron chi connectivity index (χ0n) is 15.1. The minimum Gasteiger partial charge on any atom is -0.493 e. The van der Waals surface area contributed by atoms with Gasteiger partial charge < -0.3 is 20.1 Å². The van der Waals surface area contributed by atoms with Crippen LogP contribution in [0.25, 0.3) is 0 Å². The van der Waals surface area contributed by atoms with E-state index in [2.05, 4.69) is 10.6 Å². The van der Waals surface area contributed by atoms with Gasteiger partial charge in [0.1, 0.15) is 4.90 Å². The number of aryl methyl sites for hydroxylation is 1. The Morgan fingerprint density at radius 2 is 1.85 bits per heavy atom. The summed E-state index contributed by atoms with van der Waals surface area (Å²) in [6.07, 6.45) is 1.07. The topological polar surface area (TPSA) is 93.7 Å². The van der Waals surface area contributed by atoms with Crippen molar-refractivity contribution >= 4 is 27.1 Å². The van der Waals surface area contributed by atoms with Crippen LogP contribution in [0, 0.1) is 6.92 Å². The predicted molar refractivity (Wildman–Crippen MR) is 101 cm³/mol. The second kappa shape index (κ2) is 8.09. The first-order valence-electron chi connectivity index (χ1n) is 7.81. The van der Waals surface area contributed by atoms with E-state index in [1.54, 1.807) is 12.1 Å². The van der Waals surface area contributed by atoms with Gasteiger partial charge in [-0.2, -0.15) is 0 Å². The largest absolute Gasteiger partial charge is 0.493 e. The maximum absolute atomic E-state index is 12.2. The Kier molecular flexibility index (Phi) is 6.10. The van der Waals surface area contributed by atoms with E-state index >= 15 is 0 Å². The van der Waals surface area contributed by atoms with E-state index in [1.165, 1.54) is 20.3 Å². The standard InChI is InChI=1S/C18H22N2O5S/c1-12-6-5-7-13(10-12)20-16(21)11-19-14-8-9-15(24-2)17(25-3)18(14)26(4,22)23/h5-10,19H,11H2,1-4H3,(H,20,21). The number of sulfone groups is 1. The molecule has 8 heteroatoms. The van der Waals surface area contributed by atoms with Crippen LogP contribution in [-0.4, -0.2) is 41.3 Å². The fourth-order valence-corrected chi connectivity index (χ4v) is 3.57. The summed E-state index contributed by atoms with van der Waals surface area (Å²) in [5.41, 5.74) is 1.96. The number of hydrogen-bond acceptors (Lipinski definition) is 6. The first-order chi connectivity index (χ1) is 12.3. The molecule has 2 aromatic rings. The highest BCUT2D eigenvalue weighted by Gasteiger charge is 2.23. The summed E-state index contributed by atoms with van der Waals surface area (Å²) >= 11 is 0. The molecule has 0 bridgehead atoms. The van der Waals surface area contributed by atoms with Gasteiger partial charge in [0.2, 0.25) is 5.91 Å². The normalized spacial score (nSPS) is 10.9. The van der Waals surface area contributed by atoms with Gasteiger partial charge in [-0.1, -0.05) is 12.1 Å². The first-order valence-corrected chi connectivity index (χ1v) is 9.71. The van der Waals surface area contributed by atoms with Gasteiger partial charge in [-0.3, -0.25) is 4.79 Å². The summed E-state index contributed by atoms with van der Waals surface area (Å²) in [5.74, 6) is 0.0895. The van der Waals surface area contributed by atoms with Crippen LogP contribution in [0.2, 0.25) is 0 Å². The number of ether oxygens (including phenoxy) is 2. The van der Waals surface area contributed by atoms with Crippen molar-refractivity contribution in [2.24, 2.45) is 0 Å². The number of rotatable bonds is 7. The number of benzene rings is 2. The second-order valence-electron chi connectivity index (χ2n) is 5.72. The molecule has 0 atom stereocenters. The predicted octanol–water partition coefficient (Wildman–Crippen LogP) is 2.47. The lowest BCUT2D eigenvalue weighted by molar-refractivity contribution is -0.114. The van der Waals surface area contributed by atoms with E-state index in [4.69, 9.17) is 9.47 Å². The van der Waals surface area contributed by atoms with E-state index in [0.717, 1.165) is 11.8 Å². The monoisotopic (exact) mass is 378 g/mol. The molecule has 0 aliphatic carbocycles. The molecule has 0 saturated heterocycles. The van der Waals surface area contributed by atoms with Crippen molar-refractivity contribution < 1.29 is 22.7 Å². The number of amides is 1. The lowest BCUT2D eigenvalue weighted by atomic mass is 10.2. The Hall–Kier alpha value is -2.74. The second-order valence-corrected chi connectivity index (χ2v) is 7.67. The SMILES string of the molecule is COc1ccc(NCC(=O)Nc2cccc(C)c2)c(S(C)(=O)=O)c1OC. The number of hydrogen-bond donors (Lipinski definition) is 2. The van der Waals surface area contributed by atoms with Gasteiger partial charge in [-0.15, -0.1) is 0 Å². The Balaban J connectivity index is 2.22. The molecule has 0 radical (unpaired) electrons. The maximum atomic E-state index is 12.2. The summed E-state index contributed by atoms with van der Waals surface area (Å²) in [6.45, 7) is 1.82. The summed E-state index contributed by atoms with van der Waals surface area (Å²) in [7, 11) is -0.836. The molecule has 0 unspecified atom stereocenters. The lowest BCUT2D eigenvalue weighted by Crippen LogP contribution is -2.22. The zero-order valence-corrected chi connectivity index (χ0v) is 15.9. The van der Waals surface area contributed by atoms with Crippen molar-refractivity contribution in [3.05, 3.63) is 42.0 Å². The third kappa shape index (κ3) is 4.66. The van der Waals surface area contributed by atoms with Gasteiger partial charge in [0.15, 0.2) is 21.3 Å². The molecule has 0 aromatic heterocycles. The fraction of sp³-hybridized carbons (Fsp3) is 0.278. The van der Waals surface area contributed by atoms with Crippen molar-refractivity contribution in [2.75, 3.05) is 37.7 Å². The van der Waals surface area contributed by atoms with E-state index in [-0.39, 0.29) is 28.8 Å². The van der Waals surface area contributed by atoms with Crippen molar-refractivity contribution in [1.82, 2.24) is 0 Å². The van der Waals surface area contributed by atoms with Crippen LogP contribution < -0.4 is 20.1 Å². The molecule has 2 aromatic carbocycles. The third-order valence-electron chi connectivity index (χ3n) is 3.61. The fourth-order valence-electron chi connectivity index (χ4n) is 2.51. The molecule has 0 saturated carbocycles. The molecule has 0 aliphatic heterocycles. The molecule has 2 rings (SSSR count). The van der Waals surface area contributed by atoms with Crippen LogP contribution in [0.4, 0.5) is 11.4 Å². The average molecular weight is 378 g/mol. The van der Waals surface area contributed by atoms with Crippen LogP contribution in [0.5, 0.6) is 11.5 Å². The molecule has 1 amide bonds. The molecule has 0 aliphatic rings.